The number of nitrogens with zero attached hydrogens (tertiary/aromatic N) is 8. The van der Waals surface area contributed by atoms with E-state index in [1.54, 1.807) is 0 Å². The van der Waals surface area contributed by atoms with Crippen LogP contribution in [0.25, 0.3) is 0 Å². The Kier molecular flexibility index (Phi) is 74.6. The largest absolute Gasteiger partial charge is 0.488 e. The van der Waals surface area contributed by atoms with Crippen molar-refractivity contribution in [2.75, 3.05) is 265 Å². The highest BCUT2D eigenvalue weighted by molar-refractivity contribution is 5.23. The smallest absolute Gasteiger partial charge is 0.137 e. The van der Waals surface area contributed by atoms with Gasteiger partial charge in [0.25, 0.3) is 0 Å². The average molecular weight is 1860 g/mol. The maximum absolute atomic E-state index is 6.15. The molecule has 16 heteroatoms. The molecule has 0 heterocycles. The van der Waals surface area contributed by atoms with Crippen molar-refractivity contribution in [3.63, 3.8) is 0 Å². The monoisotopic (exact) mass is 1860 g/mol. The van der Waals surface area contributed by atoms with Crippen LogP contribution >= 0.6 is 0 Å². The summed E-state index contributed by atoms with van der Waals surface area (Å²) in [6, 6.07) is 40.3. The molecule has 0 aromatic heterocycles. The highest BCUT2D eigenvalue weighted by Crippen LogP contribution is 2.26. The maximum atomic E-state index is 6.15. The number of quaternary nitrogens is 8. The third-order valence-corrected chi connectivity index (χ3v) is 29.5. The molecule has 0 radical (unpaired) electrons. The summed E-state index contributed by atoms with van der Waals surface area (Å²) in [6.07, 6.45) is 42.2. The minimum atomic E-state index is 0.570. The van der Waals surface area contributed by atoms with Crippen LogP contribution < -0.4 is 18.9 Å². The van der Waals surface area contributed by atoms with Gasteiger partial charge in [0.15, 0.2) is 0 Å². The van der Waals surface area contributed by atoms with E-state index in [4.69, 9.17) is 37.9 Å². The molecule has 0 saturated heterocycles. The van der Waals surface area contributed by atoms with Crippen LogP contribution in [0.4, 0.5) is 0 Å². The van der Waals surface area contributed by atoms with Crippen molar-refractivity contribution in [3.05, 3.63) is 121 Å². The number of ether oxygens (including phenoxy) is 8. The van der Waals surface area contributed by atoms with Gasteiger partial charge in [-0.1, -0.05) is 218 Å². The lowest BCUT2D eigenvalue weighted by atomic mass is 9.98. The first kappa shape index (κ1) is 126. The molecule has 4 aromatic rings. The van der Waals surface area contributed by atoms with E-state index in [0.29, 0.717) is 24.4 Å². The molecule has 4 saturated carbocycles. The summed E-state index contributed by atoms with van der Waals surface area (Å²) in [5, 5.41) is 0. The van der Waals surface area contributed by atoms with Gasteiger partial charge in [0.2, 0.25) is 0 Å². The molecule has 0 spiro atoms. The number of benzene rings is 4. The number of para-hydroxylation sites is 4. The van der Waals surface area contributed by atoms with Crippen molar-refractivity contribution < 1.29 is 73.8 Å². The van der Waals surface area contributed by atoms with Gasteiger partial charge in [0, 0.05) is 0 Å². The zero-order valence-electron chi connectivity index (χ0n) is 92.0. The molecular formula is C116H224N8O8+8. The second-order valence-corrected chi connectivity index (χ2v) is 41.2. The summed E-state index contributed by atoms with van der Waals surface area (Å²) in [5.41, 5.74) is 0. The standard InChI is InChI=1S/C17H36NO.C17H30NO.C16H34NO.C16H28NO.C14H30NO.C14H24NO.C11H24NO.C11H18NO/c2*1-4-7-14-18(6-3,13-5-2)15-16-19-17-11-9-8-10-12-17;2*1-4-12-17(6-3,13-5-2)14-15-18-16-10-8-7-9-11-16;2*1-4-15(5-2,6-3)12-13-16-14-10-8-7-9-11-14;2*1-12(2,3)9-10-13-11-7-5-4-6-8-11/h17H,4-16H2,1-3H3;8-12H,4-7,13-16H2,1-3H3;16H,4-15H2,1-3H3;7-11H,4-6,12-15H2,1-3H3;14H,4-13H2,1-3H3;7-11H,4-6,12-13H2,1-3H3;11H,4-10H2,1-3H3;4-8H,9-10H2,1-3H3/q8*+1. The van der Waals surface area contributed by atoms with E-state index in [9.17, 15) is 0 Å². The maximum Gasteiger partial charge on any atom is 0.137 e. The summed E-state index contributed by atoms with van der Waals surface area (Å²) in [7, 11) is 13.1. The summed E-state index contributed by atoms with van der Waals surface area (Å²) in [5.74, 6) is 3.91. The summed E-state index contributed by atoms with van der Waals surface area (Å²) in [6.45, 7) is 80.1. The van der Waals surface area contributed by atoms with Gasteiger partial charge in [-0.2, -0.15) is 0 Å². The molecule has 4 aliphatic carbocycles. The molecule has 8 rings (SSSR count). The van der Waals surface area contributed by atoms with E-state index in [1.165, 1.54) is 352 Å². The Balaban J connectivity index is 0.000000757. The Morgan fingerprint density at radius 1 is 0.189 bits per heavy atom. The topological polar surface area (TPSA) is 73.8 Å². The van der Waals surface area contributed by atoms with E-state index in [2.05, 4.69) is 167 Å². The number of rotatable bonds is 60. The summed E-state index contributed by atoms with van der Waals surface area (Å²) < 4.78 is 56.4. The zero-order chi connectivity index (χ0) is 97.7. The van der Waals surface area contributed by atoms with Crippen molar-refractivity contribution >= 4 is 0 Å². The van der Waals surface area contributed by atoms with E-state index >= 15 is 0 Å². The molecule has 4 aliphatic rings. The molecule has 768 valence electrons. The lowest BCUT2D eigenvalue weighted by molar-refractivity contribution is -0.927. The first-order valence-corrected chi connectivity index (χ1v) is 55.6. The number of likely N-dealkylation sites (N-methyl/N-ethyl adjacent to an activating group) is 8. The van der Waals surface area contributed by atoms with Crippen LogP contribution in [0.5, 0.6) is 23.0 Å². The Morgan fingerprint density at radius 2 is 0.364 bits per heavy atom. The quantitative estimate of drug-likeness (QED) is 0.0405. The second-order valence-electron chi connectivity index (χ2n) is 41.2. The minimum Gasteiger partial charge on any atom is -0.488 e. The zero-order valence-corrected chi connectivity index (χ0v) is 92.0. The molecule has 2 atom stereocenters. The average Bonchev–Trinajstić information content (AvgIpc) is 0.878. The Labute approximate surface area is 820 Å². The molecule has 4 fully saturated rings. The van der Waals surface area contributed by atoms with Crippen molar-refractivity contribution in [2.24, 2.45) is 0 Å². The van der Waals surface area contributed by atoms with Gasteiger partial charge < -0.3 is 73.8 Å². The molecule has 16 nitrogen and oxygen atoms in total. The number of unbranched alkanes of at least 4 members (excludes halogenated alkanes) is 2. The van der Waals surface area contributed by atoms with Gasteiger partial charge in [-0.05, 0) is 221 Å². The lowest BCUT2D eigenvalue weighted by Crippen LogP contribution is -2.51. The van der Waals surface area contributed by atoms with Gasteiger partial charge in [0.05, 0.1) is 211 Å². The Hall–Kier alpha value is -4.40. The normalized spacial score (nSPS) is 15.8. The first-order valence-electron chi connectivity index (χ1n) is 55.6. The van der Waals surface area contributed by atoms with E-state index < -0.39 is 0 Å². The van der Waals surface area contributed by atoms with Crippen molar-refractivity contribution in [1.82, 2.24) is 0 Å². The van der Waals surface area contributed by atoms with Crippen LogP contribution in [0, 0.1) is 0 Å². The predicted octanol–water partition coefficient (Wildman–Crippen LogP) is 26.2. The molecule has 0 N–H and O–H groups in total. The fourth-order valence-electron chi connectivity index (χ4n) is 19.6. The number of hydrogen-bond acceptors (Lipinski definition) is 8. The lowest BCUT2D eigenvalue weighted by Gasteiger charge is -2.38. The van der Waals surface area contributed by atoms with Crippen molar-refractivity contribution in [1.29, 1.82) is 0 Å². The molecule has 2 unspecified atom stereocenters. The van der Waals surface area contributed by atoms with Gasteiger partial charge in [-0.15, -0.1) is 0 Å². The first-order chi connectivity index (χ1) is 63.7. The van der Waals surface area contributed by atoms with E-state index in [0.717, 1.165) is 122 Å². The second kappa shape index (κ2) is 78.4. The molecule has 4 aromatic carbocycles. The van der Waals surface area contributed by atoms with Gasteiger partial charge in [-0.3, -0.25) is 0 Å². The minimum absolute atomic E-state index is 0.570. The highest BCUT2D eigenvalue weighted by Gasteiger charge is 2.30. The molecule has 0 amide bonds. The van der Waals surface area contributed by atoms with Crippen LogP contribution in [0.2, 0.25) is 0 Å². The highest BCUT2D eigenvalue weighted by atomic mass is 16.5. The van der Waals surface area contributed by atoms with Crippen LogP contribution in [0.1, 0.15) is 317 Å². The Bertz CT molecular complexity index is 3070. The molecular weight excluding hydrogens is 1630 g/mol. The van der Waals surface area contributed by atoms with Gasteiger partial charge >= 0.3 is 0 Å². The third-order valence-electron chi connectivity index (χ3n) is 29.5. The van der Waals surface area contributed by atoms with Crippen LogP contribution in [0.15, 0.2) is 121 Å². The Morgan fingerprint density at radius 3 is 0.561 bits per heavy atom. The fraction of sp³-hybridized carbons (Fsp3) is 0.793. The SMILES string of the molecule is CCCC[N+](CC)(CCC)CCOC1CCCCC1.CCCC[N+](CC)(CCC)CCOc1ccccc1.CCC[N+](CC)(CCC)CCOC1CCCCC1.CCC[N+](CC)(CCC)CCOc1ccccc1.CC[N+](CC)(CC)CCOC1CCCCC1.CC[N+](CC)(CC)CCOc1ccccc1.C[N+](C)(C)CCOC1CCCCC1.C[N+](C)(C)CCOc1ccccc1. The van der Waals surface area contributed by atoms with Gasteiger partial charge in [0.1, 0.15) is 102 Å². The van der Waals surface area contributed by atoms with E-state index in [-0.39, 0.29) is 0 Å². The fourth-order valence-corrected chi connectivity index (χ4v) is 19.6. The van der Waals surface area contributed by atoms with Gasteiger partial charge in [-0.25, -0.2) is 0 Å². The predicted molar refractivity (Wildman–Crippen MR) is 572 cm³/mol. The van der Waals surface area contributed by atoms with E-state index in [1.807, 2.05) is 121 Å². The summed E-state index contributed by atoms with van der Waals surface area (Å²) in [4.78, 5) is 0. The van der Waals surface area contributed by atoms with Crippen molar-refractivity contribution in [3.8, 4) is 23.0 Å². The van der Waals surface area contributed by atoms with Crippen LogP contribution in [0.3, 0.4) is 0 Å². The van der Waals surface area contributed by atoms with Crippen LogP contribution in [-0.2, 0) is 18.9 Å². The molecule has 0 aliphatic heterocycles. The number of hydrogen-bond donors (Lipinski definition) is 0. The third kappa shape index (κ3) is 60.5. The molecule has 0 bridgehead atoms. The van der Waals surface area contributed by atoms with Crippen molar-refractivity contribution in [2.45, 2.75) is 342 Å². The van der Waals surface area contributed by atoms with Crippen LogP contribution in [-0.4, -0.2) is 326 Å². The summed E-state index contributed by atoms with van der Waals surface area (Å²) >= 11 is 0. The molecule has 132 heavy (non-hydrogen) atoms.